The van der Waals surface area contributed by atoms with Gasteiger partial charge in [0.1, 0.15) is 17.0 Å². The molecule has 7 heteroatoms. The number of hydrogen-bond donors (Lipinski definition) is 1. The molecule has 2 aromatic heterocycles. The molecule has 0 aliphatic heterocycles. The molecule has 3 rings (SSSR count). The second-order valence-electron chi connectivity index (χ2n) is 7.99. The van der Waals surface area contributed by atoms with Crippen molar-refractivity contribution in [3.8, 4) is 17.5 Å². The minimum Gasteiger partial charge on any atom is -0.460 e. The van der Waals surface area contributed by atoms with E-state index in [9.17, 15) is 14.9 Å². The first kappa shape index (κ1) is 22.0. The smallest absolute Gasteiger partial charge is 0.339 e. The first-order chi connectivity index (χ1) is 14.6. The summed E-state index contributed by atoms with van der Waals surface area (Å²) < 4.78 is 11.1. The first-order valence-corrected chi connectivity index (χ1v) is 10.1. The predicted molar refractivity (Wildman–Crippen MR) is 116 cm³/mol. The molecule has 1 N–H and O–H groups in total. The molecule has 0 saturated heterocycles. The number of fused-ring (bicyclic) bond motifs is 1. The average Bonchev–Trinajstić information content (AvgIpc) is 3.18. The summed E-state index contributed by atoms with van der Waals surface area (Å²) in [6, 6.07) is 14.5. The fourth-order valence-electron chi connectivity index (χ4n) is 2.98. The number of esters is 1. The van der Waals surface area contributed by atoms with Crippen molar-refractivity contribution in [1.82, 2.24) is 10.3 Å². The van der Waals surface area contributed by atoms with Crippen LogP contribution in [-0.4, -0.2) is 28.5 Å². The Kier molecular flexibility index (Phi) is 6.11. The molecule has 0 aliphatic rings. The Labute approximate surface area is 181 Å². The van der Waals surface area contributed by atoms with E-state index in [0.29, 0.717) is 22.4 Å². The van der Waals surface area contributed by atoms with E-state index in [2.05, 4.69) is 16.4 Å². The molecule has 160 valence electrons. The lowest BCUT2D eigenvalue weighted by molar-refractivity contribution is -0.130. The maximum absolute atomic E-state index is 13.0. The number of aromatic nitrogens is 1. The maximum atomic E-state index is 13.0. The van der Waals surface area contributed by atoms with Gasteiger partial charge in [-0.05, 0) is 51.0 Å². The Morgan fingerprint density at radius 2 is 1.90 bits per heavy atom. The highest BCUT2D eigenvalue weighted by atomic mass is 16.5. The fourth-order valence-corrected chi connectivity index (χ4v) is 2.98. The number of nitrogens with zero attached hydrogens (tertiary/aromatic N) is 2. The number of ether oxygens (including phenoxy) is 1. The second-order valence-corrected chi connectivity index (χ2v) is 7.99. The summed E-state index contributed by atoms with van der Waals surface area (Å²) in [5, 5.41) is 12.7. The molecule has 1 amide bonds. The van der Waals surface area contributed by atoms with Crippen LogP contribution in [0.3, 0.4) is 0 Å². The van der Waals surface area contributed by atoms with Gasteiger partial charge in [-0.25, -0.2) is 9.78 Å². The third-order valence-electron chi connectivity index (χ3n) is 5.35. The Morgan fingerprint density at radius 1 is 1.19 bits per heavy atom. The Morgan fingerprint density at radius 3 is 2.52 bits per heavy atom. The molecule has 0 radical (unpaired) electrons. The number of hydrogen-bond acceptors (Lipinski definition) is 6. The molecular weight excluding hydrogens is 394 g/mol. The Balaban J connectivity index is 1.90. The number of aryl methyl sites for hydroxylation is 1. The van der Waals surface area contributed by atoms with Gasteiger partial charge in [-0.3, -0.25) is 4.79 Å². The molecule has 1 aromatic carbocycles. The van der Waals surface area contributed by atoms with Crippen LogP contribution < -0.4 is 5.32 Å². The van der Waals surface area contributed by atoms with Crippen molar-refractivity contribution in [2.24, 2.45) is 5.92 Å². The van der Waals surface area contributed by atoms with Crippen LogP contribution in [0.25, 0.3) is 22.4 Å². The van der Waals surface area contributed by atoms with Gasteiger partial charge in [-0.2, -0.15) is 5.26 Å². The largest absolute Gasteiger partial charge is 0.460 e. The zero-order chi connectivity index (χ0) is 22.8. The van der Waals surface area contributed by atoms with Gasteiger partial charge in [0, 0.05) is 5.39 Å². The number of carbonyl (C=O) groups is 2. The molecule has 0 bridgehead atoms. The van der Waals surface area contributed by atoms with Crippen LogP contribution in [0.4, 0.5) is 0 Å². The van der Waals surface area contributed by atoms with Crippen LogP contribution in [0, 0.1) is 24.2 Å². The molecule has 0 fully saturated rings. The summed E-state index contributed by atoms with van der Waals surface area (Å²) in [5.74, 6) is -0.0528. The van der Waals surface area contributed by atoms with Gasteiger partial charge in [0.2, 0.25) is 0 Å². The van der Waals surface area contributed by atoms with Crippen molar-refractivity contribution in [2.45, 2.75) is 46.3 Å². The number of amides is 1. The summed E-state index contributed by atoms with van der Waals surface area (Å²) in [4.78, 5) is 30.2. The summed E-state index contributed by atoms with van der Waals surface area (Å²) in [7, 11) is 0. The lowest BCUT2D eigenvalue weighted by atomic mass is 9.90. The number of nitriles is 1. The SMILES string of the molecule is Cc1ccc(-c2cc(C(=O)O[C@H](C)C(=O)N[C@](C)(C#N)C(C)C)c3ccccc3n2)o1. The van der Waals surface area contributed by atoms with Crippen molar-refractivity contribution < 1.29 is 18.7 Å². The summed E-state index contributed by atoms with van der Waals surface area (Å²) in [5.41, 5.74) is 0.315. The molecule has 0 unspecified atom stereocenters. The van der Waals surface area contributed by atoms with Crippen molar-refractivity contribution in [3.05, 3.63) is 53.8 Å². The molecule has 0 saturated carbocycles. The zero-order valence-corrected chi connectivity index (χ0v) is 18.2. The summed E-state index contributed by atoms with van der Waals surface area (Å²) in [6.07, 6.45) is -1.08. The number of carbonyl (C=O) groups excluding carboxylic acids is 2. The van der Waals surface area contributed by atoms with Crippen LogP contribution in [0.15, 0.2) is 46.9 Å². The molecule has 7 nitrogen and oxygen atoms in total. The van der Waals surface area contributed by atoms with E-state index in [-0.39, 0.29) is 11.5 Å². The van der Waals surface area contributed by atoms with E-state index >= 15 is 0 Å². The van der Waals surface area contributed by atoms with Crippen LogP contribution in [0.1, 0.15) is 43.8 Å². The third-order valence-corrected chi connectivity index (χ3v) is 5.35. The number of rotatable bonds is 6. The summed E-state index contributed by atoms with van der Waals surface area (Å²) >= 11 is 0. The number of pyridine rings is 1. The van der Waals surface area contributed by atoms with Gasteiger partial charge in [0.05, 0.1) is 17.1 Å². The lowest BCUT2D eigenvalue weighted by Crippen LogP contribution is -2.52. The minimum absolute atomic E-state index is 0.118. The highest BCUT2D eigenvalue weighted by molar-refractivity contribution is 6.05. The van der Waals surface area contributed by atoms with E-state index in [0.717, 1.165) is 5.76 Å². The van der Waals surface area contributed by atoms with Gasteiger partial charge < -0.3 is 14.5 Å². The van der Waals surface area contributed by atoms with Gasteiger partial charge in [-0.1, -0.05) is 32.0 Å². The monoisotopic (exact) mass is 419 g/mol. The molecule has 2 heterocycles. The number of para-hydroxylation sites is 1. The Hall–Kier alpha value is -3.66. The maximum Gasteiger partial charge on any atom is 0.339 e. The molecule has 0 aliphatic carbocycles. The number of benzene rings is 1. The van der Waals surface area contributed by atoms with Crippen LogP contribution >= 0.6 is 0 Å². The van der Waals surface area contributed by atoms with E-state index in [1.54, 1.807) is 37.3 Å². The molecular formula is C24H25N3O4. The van der Waals surface area contributed by atoms with Gasteiger partial charge in [-0.15, -0.1) is 0 Å². The average molecular weight is 419 g/mol. The van der Waals surface area contributed by atoms with E-state index in [4.69, 9.17) is 9.15 Å². The molecule has 3 aromatic rings. The third kappa shape index (κ3) is 4.58. The standard InChI is InChI=1S/C24H25N3O4/c1-14(2)24(5,13-25)27-22(28)16(4)31-23(29)18-12-20(21-11-10-15(3)30-21)26-19-9-7-6-8-17(18)19/h6-12,14,16H,1-5H3,(H,27,28)/t16-,24-/m1/s1. The van der Waals surface area contributed by atoms with Crippen molar-refractivity contribution >= 4 is 22.8 Å². The van der Waals surface area contributed by atoms with Crippen molar-refractivity contribution in [1.29, 1.82) is 5.26 Å². The van der Waals surface area contributed by atoms with Gasteiger partial charge >= 0.3 is 5.97 Å². The molecule has 31 heavy (non-hydrogen) atoms. The molecule has 0 spiro atoms. The highest BCUT2D eigenvalue weighted by Gasteiger charge is 2.33. The minimum atomic E-state index is -1.08. The first-order valence-electron chi connectivity index (χ1n) is 10.1. The van der Waals surface area contributed by atoms with Crippen LogP contribution in [0.2, 0.25) is 0 Å². The van der Waals surface area contributed by atoms with Crippen LogP contribution in [-0.2, 0) is 9.53 Å². The second kappa shape index (κ2) is 8.60. The fraction of sp³-hybridized carbons (Fsp3) is 0.333. The van der Waals surface area contributed by atoms with Crippen molar-refractivity contribution in [3.63, 3.8) is 0 Å². The lowest BCUT2D eigenvalue weighted by Gasteiger charge is -2.28. The highest BCUT2D eigenvalue weighted by Crippen LogP contribution is 2.27. The molecule has 2 atom stereocenters. The normalized spacial score (nSPS) is 14.0. The van der Waals surface area contributed by atoms with E-state index < -0.39 is 23.5 Å². The van der Waals surface area contributed by atoms with E-state index in [1.807, 2.05) is 32.9 Å². The van der Waals surface area contributed by atoms with Crippen LogP contribution in [0.5, 0.6) is 0 Å². The number of nitrogens with one attached hydrogen (secondary N) is 1. The quantitative estimate of drug-likeness (QED) is 0.594. The predicted octanol–water partition coefficient (Wildman–Crippen LogP) is 4.40. The topological polar surface area (TPSA) is 105 Å². The Bertz CT molecular complexity index is 1180. The van der Waals surface area contributed by atoms with E-state index in [1.165, 1.54) is 6.92 Å². The van der Waals surface area contributed by atoms with Gasteiger partial charge in [0.25, 0.3) is 5.91 Å². The number of furan rings is 1. The van der Waals surface area contributed by atoms with Gasteiger partial charge in [0.15, 0.2) is 11.9 Å². The zero-order valence-electron chi connectivity index (χ0n) is 18.2. The van der Waals surface area contributed by atoms with Crippen molar-refractivity contribution in [2.75, 3.05) is 0 Å². The summed E-state index contributed by atoms with van der Waals surface area (Å²) in [6.45, 7) is 8.61.